The van der Waals surface area contributed by atoms with E-state index in [0.717, 1.165) is 11.1 Å². The topological polar surface area (TPSA) is 100 Å². The zero-order valence-corrected chi connectivity index (χ0v) is 21.7. The van der Waals surface area contributed by atoms with Gasteiger partial charge < -0.3 is 24.3 Å². The molecule has 198 valence electrons. The number of nitrogens with one attached hydrogen (secondary N) is 1. The van der Waals surface area contributed by atoms with Crippen molar-refractivity contribution >= 4 is 23.5 Å². The van der Waals surface area contributed by atoms with Crippen molar-refractivity contribution in [3.63, 3.8) is 0 Å². The van der Waals surface area contributed by atoms with Crippen LogP contribution in [0.1, 0.15) is 36.6 Å². The molecule has 0 atom stereocenters. The predicted molar refractivity (Wildman–Crippen MR) is 146 cm³/mol. The third kappa shape index (κ3) is 6.61. The van der Waals surface area contributed by atoms with E-state index >= 15 is 0 Å². The van der Waals surface area contributed by atoms with Gasteiger partial charge in [-0.25, -0.2) is 9.59 Å². The van der Waals surface area contributed by atoms with Gasteiger partial charge in [-0.15, -0.1) is 0 Å². The van der Waals surface area contributed by atoms with Crippen molar-refractivity contribution in [3.05, 3.63) is 113 Å². The van der Waals surface area contributed by atoms with Crippen molar-refractivity contribution < 1.29 is 33.3 Å². The van der Waals surface area contributed by atoms with Gasteiger partial charge in [-0.05, 0) is 59.7 Å². The summed E-state index contributed by atoms with van der Waals surface area (Å²) in [7, 11) is 3.99. The van der Waals surface area contributed by atoms with Crippen LogP contribution in [0.5, 0.6) is 11.5 Å². The Morgan fingerprint density at radius 2 is 1.28 bits per heavy atom. The molecule has 0 heterocycles. The second kappa shape index (κ2) is 12.4. The summed E-state index contributed by atoms with van der Waals surface area (Å²) in [5.41, 5.74) is 3.60. The molecule has 8 nitrogen and oxygen atoms in total. The summed E-state index contributed by atoms with van der Waals surface area (Å²) in [6, 6.07) is 26.9. The molecule has 0 spiro atoms. The lowest BCUT2D eigenvalue weighted by Crippen LogP contribution is -2.15. The van der Waals surface area contributed by atoms with E-state index in [4.69, 9.17) is 18.9 Å². The number of ether oxygens (including phenoxy) is 4. The number of methoxy groups -OCH3 is 3. The number of hydrogen-bond acceptors (Lipinski definition) is 7. The van der Waals surface area contributed by atoms with Crippen molar-refractivity contribution in [3.8, 4) is 22.6 Å². The molecule has 4 rings (SSSR count). The molecule has 1 N–H and O–H groups in total. The summed E-state index contributed by atoms with van der Waals surface area (Å²) in [5.74, 6) is -0.535. The number of amides is 1. The highest BCUT2D eigenvalue weighted by Gasteiger charge is 2.17. The third-order valence-electron chi connectivity index (χ3n) is 5.93. The van der Waals surface area contributed by atoms with Crippen LogP contribution in [0.4, 0.5) is 5.69 Å². The van der Waals surface area contributed by atoms with Crippen LogP contribution in [0, 0.1) is 0 Å². The Morgan fingerprint density at radius 1 is 0.667 bits per heavy atom. The molecule has 0 aromatic heterocycles. The number of benzene rings is 4. The molecule has 0 fully saturated rings. The van der Waals surface area contributed by atoms with Gasteiger partial charge in [-0.1, -0.05) is 42.5 Å². The standard InChI is InChI=1S/C31H27NO7/c1-36-28-14-11-22(29(33)32-26-17-23(30(34)37-2)16-24(18-26)31(35)38-3)15-25(28)19-39-27-12-9-21(10-13-27)20-7-5-4-6-8-20/h4-18H,19H2,1-3H3,(H,32,33). The fourth-order valence-electron chi connectivity index (χ4n) is 3.94. The Hall–Kier alpha value is -5.11. The number of rotatable bonds is 9. The minimum Gasteiger partial charge on any atom is -0.496 e. The zero-order valence-electron chi connectivity index (χ0n) is 21.7. The fourth-order valence-corrected chi connectivity index (χ4v) is 3.94. The average molecular weight is 526 g/mol. The third-order valence-corrected chi connectivity index (χ3v) is 5.93. The van der Waals surface area contributed by atoms with Crippen LogP contribution in [0.25, 0.3) is 11.1 Å². The van der Waals surface area contributed by atoms with E-state index in [1.54, 1.807) is 25.3 Å². The smallest absolute Gasteiger partial charge is 0.337 e. The minimum atomic E-state index is -0.656. The highest BCUT2D eigenvalue weighted by atomic mass is 16.5. The Morgan fingerprint density at radius 3 is 1.87 bits per heavy atom. The van der Waals surface area contributed by atoms with E-state index in [1.165, 1.54) is 32.4 Å². The SMILES string of the molecule is COC(=O)c1cc(NC(=O)c2ccc(OC)c(COc3ccc(-c4ccccc4)cc3)c2)cc(C(=O)OC)c1. The molecule has 4 aromatic carbocycles. The van der Waals surface area contributed by atoms with Gasteiger partial charge in [0.25, 0.3) is 5.91 Å². The quantitative estimate of drug-likeness (QED) is 0.277. The van der Waals surface area contributed by atoms with Crippen LogP contribution >= 0.6 is 0 Å². The number of hydrogen-bond donors (Lipinski definition) is 1. The van der Waals surface area contributed by atoms with Crippen molar-refractivity contribution in [2.75, 3.05) is 26.6 Å². The molecule has 0 saturated carbocycles. The van der Waals surface area contributed by atoms with Gasteiger partial charge in [0.05, 0.1) is 32.5 Å². The first-order valence-corrected chi connectivity index (χ1v) is 12.0. The van der Waals surface area contributed by atoms with Crippen molar-refractivity contribution in [2.24, 2.45) is 0 Å². The summed E-state index contributed by atoms with van der Waals surface area (Å²) in [4.78, 5) is 37.2. The zero-order chi connectivity index (χ0) is 27.8. The van der Waals surface area contributed by atoms with E-state index in [9.17, 15) is 14.4 Å². The van der Waals surface area contributed by atoms with Gasteiger partial charge in [-0.2, -0.15) is 0 Å². The van der Waals surface area contributed by atoms with Gasteiger partial charge in [0.2, 0.25) is 0 Å². The van der Waals surface area contributed by atoms with Crippen LogP contribution in [0.3, 0.4) is 0 Å². The Bertz CT molecular complexity index is 1450. The lowest BCUT2D eigenvalue weighted by Gasteiger charge is -2.13. The molecular formula is C31H27NO7. The molecular weight excluding hydrogens is 498 g/mol. The number of esters is 2. The lowest BCUT2D eigenvalue weighted by atomic mass is 10.1. The first-order valence-electron chi connectivity index (χ1n) is 12.0. The van der Waals surface area contributed by atoms with Crippen LogP contribution in [0.15, 0.2) is 91.0 Å². The number of carbonyl (C=O) groups excluding carboxylic acids is 3. The van der Waals surface area contributed by atoms with Crippen molar-refractivity contribution in [2.45, 2.75) is 6.61 Å². The maximum Gasteiger partial charge on any atom is 0.337 e. The molecule has 0 aliphatic rings. The molecule has 0 unspecified atom stereocenters. The largest absolute Gasteiger partial charge is 0.496 e. The Kier molecular flexibility index (Phi) is 8.58. The lowest BCUT2D eigenvalue weighted by molar-refractivity contribution is 0.0598. The van der Waals surface area contributed by atoms with E-state index in [-0.39, 0.29) is 23.4 Å². The second-order valence-corrected chi connectivity index (χ2v) is 8.44. The molecule has 0 saturated heterocycles. The highest BCUT2D eigenvalue weighted by Crippen LogP contribution is 2.26. The Labute approximate surface area is 226 Å². The summed E-state index contributed by atoms with van der Waals surface area (Å²) >= 11 is 0. The van der Waals surface area contributed by atoms with Crippen LogP contribution in [-0.2, 0) is 16.1 Å². The number of carbonyl (C=O) groups is 3. The van der Waals surface area contributed by atoms with E-state index < -0.39 is 17.8 Å². The van der Waals surface area contributed by atoms with Gasteiger partial charge >= 0.3 is 11.9 Å². The molecule has 0 aliphatic heterocycles. The first-order chi connectivity index (χ1) is 18.9. The maximum absolute atomic E-state index is 13.1. The Balaban J connectivity index is 1.51. The first kappa shape index (κ1) is 26.9. The molecule has 0 radical (unpaired) electrons. The van der Waals surface area contributed by atoms with Crippen LogP contribution in [0.2, 0.25) is 0 Å². The summed E-state index contributed by atoms with van der Waals surface area (Å²) < 4.78 is 20.9. The normalized spacial score (nSPS) is 10.3. The highest BCUT2D eigenvalue weighted by molar-refractivity contribution is 6.06. The molecule has 1 amide bonds. The molecule has 4 aromatic rings. The van der Waals surface area contributed by atoms with E-state index in [1.807, 2.05) is 54.6 Å². The maximum atomic E-state index is 13.1. The van der Waals surface area contributed by atoms with Crippen LogP contribution in [-0.4, -0.2) is 39.2 Å². The molecule has 39 heavy (non-hydrogen) atoms. The van der Waals surface area contributed by atoms with E-state index in [2.05, 4.69) is 5.32 Å². The van der Waals surface area contributed by atoms with Crippen molar-refractivity contribution in [1.29, 1.82) is 0 Å². The van der Waals surface area contributed by atoms with Gasteiger partial charge in [0, 0.05) is 16.8 Å². The fraction of sp³-hybridized carbons (Fsp3) is 0.129. The van der Waals surface area contributed by atoms with Crippen molar-refractivity contribution in [1.82, 2.24) is 0 Å². The summed E-state index contributed by atoms with van der Waals surface area (Å²) in [5, 5.41) is 2.72. The van der Waals surface area contributed by atoms with Crippen LogP contribution < -0.4 is 14.8 Å². The summed E-state index contributed by atoms with van der Waals surface area (Å²) in [6.07, 6.45) is 0. The van der Waals surface area contributed by atoms with Gasteiger partial charge in [-0.3, -0.25) is 4.79 Å². The second-order valence-electron chi connectivity index (χ2n) is 8.44. The summed E-state index contributed by atoms with van der Waals surface area (Å²) in [6.45, 7) is 0.166. The molecule has 8 heteroatoms. The molecule has 0 bridgehead atoms. The molecule has 0 aliphatic carbocycles. The van der Waals surface area contributed by atoms with Gasteiger partial charge in [0.15, 0.2) is 0 Å². The monoisotopic (exact) mass is 525 g/mol. The van der Waals surface area contributed by atoms with E-state index in [0.29, 0.717) is 22.6 Å². The predicted octanol–water partition coefficient (Wildman–Crippen LogP) is 5.77. The van der Waals surface area contributed by atoms with Gasteiger partial charge in [0.1, 0.15) is 18.1 Å². The minimum absolute atomic E-state index is 0.0952. The average Bonchev–Trinajstić information content (AvgIpc) is 2.99. The number of anilines is 1.